The maximum absolute atomic E-state index is 2.50. The molecule has 0 bridgehead atoms. The summed E-state index contributed by atoms with van der Waals surface area (Å²) in [5, 5.41) is 0. The molecule has 0 aliphatic heterocycles. The Balaban J connectivity index is 0.000000412. The Morgan fingerprint density at radius 2 is 0.745 bits per heavy atom. The largest absolute Gasteiger partial charge is 0.0725 e. The summed E-state index contributed by atoms with van der Waals surface area (Å²) in [6, 6.07) is 46.8. The summed E-state index contributed by atoms with van der Waals surface area (Å²) in [7, 11) is 0. The lowest BCUT2D eigenvalue weighted by Crippen LogP contribution is -2.40. The van der Waals surface area contributed by atoms with Gasteiger partial charge < -0.3 is 0 Å². The summed E-state index contributed by atoms with van der Waals surface area (Å²) in [4.78, 5) is 0. The zero-order valence-electron chi connectivity index (χ0n) is 29.2. The average molecular weight is 611 g/mol. The van der Waals surface area contributed by atoms with E-state index in [0.29, 0.717) is 0 Å². The van der Waals surface area contributed by atoms with Crippen molar-refractivity contribution in [3.05, 3.63) is 177 Å². The molecule has 0 amide bonds. The second-order valence-corrected chi connectivity index (χ2v) is 11.9. The van der Waals surface area contributed by atoms with Crippen LogP contribution in [0.25, 0.3) is 33.4 Å². The molecule has 0 heterocycles. The summed E-state index contributed by atoms with van der Waals surface area (Å²) in [6.45, 7) is 16.0. The fraction of sp³-hybridized carbons (Fsp3) is 0.234. The molecule has 0 saturated heterocycles. The van der Waals surface area contributed by atoms with E-state index in [1.165, 1.54) is 66.8 Å². The third kappa shape index (κ3) is 3.59. The van der Waals surface area contributed by atoms with Crippen molar-refractivity contribution in [3.8, 4) is 33.4 Å². The minimum Gasteiger partial charge on any atom is -0.0683 e. The van der Waals surface area contributed by atoms with E-state index in [0.717, 1.165) is 0 Å². The first kappa shape index (κ1) is 30.9. The molecule has 3 atom stereocenters. The van der Waals surface area contributed by atoms with Crippen molar-refractivity contribution in [1.82, 2.24) is 0 Å². The van der Waals surface area contributed by atoms with Crippen molar-refractivity contribution >= 4 is 0 Å². The minimum atomic E-state index is -0.286. The predicted octanol–water partition coefficient (Wildman–Crippen LogP) is 13.1. The molecule has 5 aliphatic rings. The van der Waals surface area contributed by atoms with Crippen LogP contribution < -0.4 is 0 Å². The molecule has 0 aromatic heterocycles. The van der Waals surface area contributed by atoms with Crippen LogP contribution in [0.2, 0.25) is 0 Å². The van der Waals surface area contributed by atoms with Crippen molar-refractivity contribution in [2.45, 2.75) is 72.6 Å². The third-order valence-electron chi connectivity index (χ3n) is 10.6. The van der Waals surface area contributed by atoms with E-state index in [2.05, 4.69) is 121 Å². The van der Waals surface area contributed by atoms with Gasteiger partial charge in [-0.3, -0.25) is 0 Å². The Kier molecular flexibility index (Phi) is 7.80. The number of hydrogen-bond donors (Lipinski definition) is 0. The highest BCUT2D eigenvalue weighted by molar-refractivity contribution is 6.00. The van der Waals surface area contributed by atoms with Gasteiger partial charge in [-0.15, -0.1) is 0 Å². The number of benzene rings is 6. The number of rotatable bonds is 0. The highest BCUT2D eigenvalue weighted by Gasteiger charge is 2.59. The lowest BCUT2D eigenvalue weighted by Gasteiger charge is -2.48. The monoisotopic (exact) mass is 610 g/mol. The molecular weight excluding hydrogens is 565 g/mol. The first-order chi connectivity index (χ1) is 23.4. The molecule has 6 aromatic rings. The summed E-state index contributed by atoms with van der Waals surface area (Å²) in [6.07, 6.45) is 0. The number of hydrogen-bond acceptors (Lipinski definition) is 0. The molecule has 0 saturated carbocycles. The molecular formula is C47H46. The normalized spacial score (nSPS) is 18.7. The van der Waals surface area contributed by atoms with Gasteiger partial charge in [-0.2, -0.15) is 0 Å². The van der Waals surface area contributed by atoms with Crippen molar-refractivity contribution < 1.29 is 0 Å². The molecule has 0 heteroatoms. The van der Waals surface area contributed by atoms with Gasteiger partial charge in [0.1, 0.15) is 0 Å². The predicted molar refractivity (Wildman–Crippen MR) is 202 cm³/mol. The molecule has 5 aliphatic carbocycles. The van der Waals surface area contributed by atoms with Gasteiger partial charge in [0.15, 0.2) is 0 Å². The standard InChI is InChI=1S/C39H22.4C2H6/c1-3-12-24-21(9-1)27-18-20-30-34-25-13-4-2-10-22(25)26-17-19-28-23-11-5-7-15-31(23)39(37(28)36(26)34)32-16-8-6-14-29(32)33(24)35(27)38(30)39;4*1-2/h1-20,33-34H;4*1-2H3. The topological polar surface area (TPSA) is 0 Å². The molecule has 0 radical (unpaired) electrons. The molecule has 3 unspecified atom stereocenters. The van der Waals surface area contributed by atoms with Crippen molar-refractivity contribution in [1.29, 1.82) is 0 Å². The van der Waals surface area contributed by atoms with Gasteiger partial charge in [-0.25, -0.2) is 0 Å². The summed E-state index contributed by atoms with van der Waals surface area (Å²) in [5.41, 5.74) is 23.3. The molecule has 0 nitrogen and oxygen atoms in total. The zero-order valence-corrected chi connectivity index (χ0v) is 29.2. The first-order valence-corrected chi connectivity index (χ1v) is 18.1. The molecule has 0 fully saturated rings. The van der Waals surface area contributed by atoms with Crippen LogP contribution >= 0.6 is 0 Å². The van der Waals surface area contributed by atoms with Gasteiger partial charge in [0.05, 0.1) is 5.41 Å². The molecule has 11 rings (SSSR count). The summed E-state index contributed by atoms with van der Waals surface area (Å²) < 4.78 is 0. The first-order valence-electron chi connectivity index (χ1n) is 18.1. The molecule has 234 valence electrons. The minimum absolute atomic E-state index is 0.281. The van der Waals surface area contributed by atoms with E-state index in [4.69, 9.17) is 0 Å². The van der Waals surface area contributed by atoms with E-state index in [-0.39, 0.29) is 17.3 Å². The fourth-order valence-electron chi connectivity index (χ4n) is 9.50. The van der Waals surface area contributed by atoms with Crippen LogP contribution in [0.4, 0.5) is 0 Å². The van der Waals surface area contributed by atoms with E-state index < -0.39 is 0 Å². The molecule has 1 spiro atoms. The van der Waals surface area contributed by atoms with E-state index in [1.807, 2.05) is 55.4 Å². The zero-order chi connectivity index (χ0) is 33.0. The fourth-order valence-corrected chi connectivity index (χ4v) is 9.50. The maximum Gasteiger partial charge on any atom is 0.0725 e. The van der Waals surface area contributed by atoms with Crippen LogP contribution in [0.1, 0.15) is 123 Å². The van der Waals surface area contributed by atoms with Crippen LogP contribution in [-0.4, -0.2) is 0 Å². The third-order valence-corrected chi connectivity index (χ3v) is 10.6. The summed E-state index contributed by atoms with van der Waals surface area (Å²) >= 11 is 0. The Morgan fingerprint density at radius 1 is 0.319 bits per heavy atom. The van der Waals surface area contributed by atoms with Gasteiger partial charge in [0.2, 0.25) is 0 Å². The lowest BCUT2D eigenvalue weighted by atomic mass is 9.53. The molecule has 47 heavy (non-hydrogen) atoms. The van der Waals surface area contributed by atoms with Crippen LogP contribution in [0.3, 0.4) is 0 Å². The molecule has 0 N–H and O–H groups in total. The molecule has 6 aromatic carbocycles. The Bertz CT molecular complexity index is 2140. The Labute approximate surface area is 282 Å². The highest BCUT2D eigenvalue weighted by Crippen LogP contribution is 2.71. The second kappa shape index (κ2) is 11.8. The maximum atomic E-state index is 2.50. The van der Waals surface area contributed by atoms with Crippen LogP contribution in [0, 0.1) is 0 Å². The van der Waals surface area contributed by atoms with Crippen molar-refractivity contribution in [3.63, 3.8) is 0 Å². The highest BCUT2D eigenvalue weighted by atomic mass is 14.6. The van der Waals surface area contributed by atoms with Crippen molar-refractivity contribution in [2.24, 2.45) is 0 Å². The van der Waals surface area contributed by atoms with Gasteiger partial charge in [-0.1, -0.05) is 177 Å². The quantitative estimate of drug-likeness (QED) is 0.160. The Hall–Kier alpha value is -4.68. The smallest absolute Gasteiger partial charge is 0.0683 e. The Morgan fingerprint density at radius 3 is 1.36 bits per heavy atom. The van der Waals surface area contributed by atoms with Gasteiger partial charge in [-0.05, 0) is 89.0 Å². The van der Waals surface area contributed by atoms with Crippen LogP contribution in [0.15, 0.2) is 121 Å². The van der Waals surface area contributed by atoms with Crippen molar-refractivity contribution in [2.75, 3.05) is 0 Å². The van der Waals surface area contributed by atoms with Gasteiger partial charge in [0.25, 0.3) is 0 Å². The van der Waals surface area contributed by atoms with Gasteiger partial charge >= 0.3 is 0 Å². The lowest BCUT2D eigenvalue weighted by molar-refractivity contribution is 0.659. The van der Waals surface area contributed by atoms with E-state index in [1.54, 1.807) is 22.3 Å². The SMILES string of the molecule is CC.CC.CC.CC.c1ccc2c(c1)-c1ccc3c4c1C2c1ccc2c5c1C4(c1ccccc1-3)c1ccccc1C5c1ccccc1-2. The number of fused-ring (bicyclic) bond motifs is 11. The van der Waals surface area contributed by atoms with E-state index >= 15 is 0 Å². The van der Waals surface area contributed by atoms with E-state index in [9.17, 15) is 0 Å². The average Bonchev–Trinajstić information content (AvgIpc) is 3.79. The summed E-state index contributed by atoms with van der Waals surface area (Å²) in [5.74, 6) is 0.564. The second-order valence-electron chi connectivity index (χ2n) is 11.9. The van der Waals surface area contributed by atoms with Gasteiger partial charge in [0, 0.05) is 11.8 Å². The van der Waals surface area contributed by atoms with Crippen LogP contribution in [-0.2, 0) is 5.41 Å². The van der Waals surface area contributed by atoms with Crippen LogP contribution in [0.5, 0.6) is 0 Å².